The van der Waals surface area contributed by atoms with Gasteiger partial charge in [-0.15, -0.1) is 0 Å². The number of nitrogens with one attached hydrogen (secondary N) is 1. The summed E-state index contributed by atoms with van der Waals surface area (Å²) in [6.45, 7) is 1.81. The second-order valence-electron chi connectivity index (χ2n) is 3.53. The van der Waals surface area contributed by atoms with E-state index in [0.717, 1.165) is 5.56 Å². The van der Waals surface area contributed by atoms with Gasteiger partial charge in [-0.05, 0) is 12.5 Å². The van der Waals surface area contributed by atoms with Crippen LogP contribution >= 0.6 is 15.9 Å². The number of carbonyl (C=O) groups excluding carboxylic acids is 2. The summed E-state index contributed by atoms with van der Waals surface area (Å²) in [5.41, 5.74) is 0.905. The highest BCUT2D eigenvalue weighted by molar-refractivity contribution is 9.09. The lowest BCUT2D eigenvalue weighted by molar-refractivity contribution is -0.118. The summed E-state index contributed by atoms with van der Waals surface area (Å²) < 4.78 is 4.98. The van der Waals surface area contributed by atoms with E-state index in [0.29, 0.717) is 0 Å². The summed E-state index contributed by atoms with van der Waals surface area (Å²) in [6, 6.07) is 8.81. The molecular weight excluding hydrogens is 286 g/mol. The maximum atomic E-state index is 11.3. The summed E-state index contributed by atoms with van der Waals surface area (Å²) >= 11 is 3.04. The topological polar surface area (TPSA) is 55.4 Å². The van der Waals surface area contributed by atoms with Crippen LogP contribution in [-0.4, -0.2) is 23.2 Å². The number of ketones is 1. The molecule has 0 heterocycles. The van der Waals surface area contributed by atoms with Crippen LogP contribution in [-0.2, 0) is 16.1 Å². The molecule has 0 bridgehead atoms. The molecule has 0 fully saturated rings. The van der Waals surface area contributed by atoms with E-state index in [1.165, 1.54) is 0 Å². The molecule has 0 aromatic heterocycles. The third kappa shape index (κ3) is 4.99. The van der Waals surface area contributed by atoms with Gasteiger partial charge in [0.05, 0.1) is 11.4 Å². The molecule has 0 radical (unpaired) electrons. The molecule has 0 aliphatic carbocycles. The van der Waals surface area contributed by atoms with Crippen LogP contribution in [0.4, 0.5) is 4.79 Å². The summed E-state index contributed by atoms with van der Waals surface area (Å²) in [7, 11) is 0. The third-order valence-corrected chi connectivity index (χ3v) is 2.71. The zero-order valence-corrected chi connectivity index (χ0v) is 11.1. The van der Waals surface area contributed by atoms with Crippen molar-refractivity contribution >= 4 is 27.8 Å². The Kier molecular flexibility index (Phi) is 5.69. The van der Waals surface area contributed by atoms with Gasteiger partial charge in [-0.2, -0.15) is 0 Å². The smallest absolute Gasteiger partial charge is 0.408 e. The van der Waals surface area contributed by atoms with Crippen molar-refractivity contribution < 1.29 is 14.3 Å². The van der Waals surface area contributed by atoms with Crippen LogP contribution < -0.4 is 5.32 Å². The molecule has 0 unspecified atom stereocenters. The average molecular weight is 300 g/mol. The van der Waals surface area contributed by atoms with E-state index in [4.69, 9.17) is 4.74 Å². The van der Waals surface area contributed by atoms with Gasteiger partial charge in [0.25, 0.3) is 0 Å². The number of amides is 1. The summed E-state index contributed by atoms with van der Waals surface area (Å²) in [5, 5.41) is 2.68. The van der Waals surface area contributed by atoms with Crippen LogP contribution in [0, 0.1) is 0 Å². The fourth-order valence-electron chi connectivity index (χ4n) is 1.14. The highest BCUT2D eigenvalue weighted by Gasteiger charge is 2.14. The minimum absolute atomic E-state index is 0.0957. The summed E-state index contributed by atoms with van der Waals surface area (Å²) in [4.78, 5) is 22.6. The van der Waals surface area contributed by atoms with Crippen LogP contribution in [0.5, 0.6) is 0 Å². The van der Waals surface area contributed by atoms with Crippen molar-refractivity contribution in [1.29, 1.82) is 0 Å². The predicted molar refractivity (Wildman–Crippen MR) is 68.0 cm³/mol. The number of Topliss-reactive ketones (excluding diaryl/α,β-unsaturated/α-hetero) is 1. The molecule has 92 valence electrons. The Morgan fingerprint density at radius 2 is 2.00 bits per heavy atom. The summed E-state index contributed by atoms with van der Waals surface area (Å²) in [5.74, 6) is -0.0957. The van der Waals surface area contributed by atoms with Crippen molar-refractivity contribution in [2.45, 2.75) is 19.6 Å². The Balaban J connectivity index is 2.33. The van der Waals surface area contributed by atoms with Crippen LogP contribution in [0.15, 0.2) is 30.3 Å². The predicted octanol–water partition coefficient (Wildman–Crippen LogP) is 2.27. The zero-order chi connectivity index (χ0) is 12.7. The van der Waals surface area contributed by atoms with Gasteiger partial charge >= 0.3 is 6.09 Å². The molecule has 0 saturated heterocycles. The largest absolute Gasteiger partial charge is 0.445 e. The van der Waals surface area contributed by atoms with Crippen molar-refractivity contribution in [2.24, 2.45) is 0 Å². The maximum Gasteiger partial charge on any atom is 0.408 e. The fourth-order valence-corrected chi connectivity index (χ4v) is 1.62. The minimum Gasteiger partial charge on any atom is -0.445 e. The quantitative estimate of drug-likeness (QED) is 0.849. The molecule has 1 aromatic rings. The second-order valence-corrected chi connectivity index (χ2v) is 4.09. The van der Waals surface area contributed by atoms with E-state index in [1.807, 2.05) is 30.3 Å². The van der Waals surface area contributed by atoms with E-state index in [9.17, 15) is 9.59 Å². The number of hydrogen-bond donors (Lipinski definition) is 1. The molecule has 17 heavy (non-hydrogen) atoms. The van der Waals surface area contributed by atoms with Gasteiger partial charge in [-0.1, -0.05) is 46.3 Å². The highest BCUT2D eigenvalue weighted by Crippen LogP contribution is 2.01. The zero-order valence-electron chi connectivity index (χ0n) is 9.48. The van der Waals surface area contributed by atoms with E-state index in [2.05, 4.69) is 21.2 Å². The molecule has 1 aromatic carbocycles. The number of alkyl carbamates (subject to hydrolysis) is 1. The third-order valence-electron chi connectivity index (χ3n) is 2.16. The van der Waals surface area contributed by atoms with E-state index >= 15 is 0 Å². The fraction of sp³-hybridized carbons (Fsp3) is 0.333. The van der Waals surface area contributed by atoms with Gasteiger partial charge in [0.2, 0.25) is 0 Å². The lowest BCUT2D eigenvalue weighted by atomic mass is 10.2. The molecule has 1 amide bonds. The number of rotatable bonds is 5. The first-order chi connectivity index (χ1) is 8.13. The Bertz CT molecular complexity index is 381. The van der Waals surface area contributed by atoms with Gasteiger partial charge in [0.15, 0.2) is 5.78 Å². The molecule has 0 aliphatic heterocycles. The average Bonchev–Trinajstić information content (AvgIpc) is 2.36. The lowest BCUT2D eigenvalue weighted by Gasteiger charge is -2.11. The molecule has 1 rings (SSSR count). The Morgan fingerprint density at radius 1 is 1.35 bits per heavy atom. The molecular formula is C12H14BrNO3. The van der Waals surface area contributed by atoms with Crippen LogP contribution in [0.1, 0.15) is 12.5 Å². The molecule has 5 heteroatoms. The Morgan fingerprint density at radius 3 is 2.59 bits per heavy atom. The van der Waals surface area contributed by atoms with Crippen molar-refractivity contribution in [1.82, 2.24) is 5.32 Å². The highest BCUT2D eigenvalue weighted by atomic mass is 79.9. The molecule has 1 atom stereocenters. The number of benzene rings is 1. The van der Waals surface area contributed by atoms with Crippen LogP contribution in [0.25, 0.3) is 0 Å². The molecule has 4 nitrogen and oxygen atoms in total. The van der Waals surface area contributed by atoms with Crippen molar-refractivity contribution in [3.05, 3.63) is 35.9 Å². The monoisotopic (exact) mass is 299 g/mol. The van der Waals surface area contributed by atoms with E-state index in [-0.39, 0.29) is 17.7 Å². The van der Waals surface area contributed by atoms with Crippen molar-refractivity contribution in [2.75, 3.05) is 5.33 Å². The van der Waals surface area contributed by atoms with Crippen molar-refractivity contribution in [3.63, 3.8) is 0 Å². The molecule has 0 spiro atoms. The van der Waals surface area contributed by atoms with Gasteiger partial charge in [0.1, 0.15) is 6.61 Å². The Labute approximate surface area is 108 Å². The number of ether oxygens (including phenoxy) is 1. The maximum absolute atomic E-state index is 11.3. The normalized spacial score (nSPS) is 11.6. The minimum atomic E-state index is -0.587. The van der Waals surface area contributed by atoms with E-state index in [1.54, 1.807) is 6.92 Å². The first-order valence-electron chi connectivity index (χ1n) is 5.19. The number of alkyl halides is 1. The van der Waals surface area contributed by atoms with Gasteiger partial charge in [-0.3, -0.25) is 4.79 Å². The number of carbonyl (C=O) groups is 2. The number of halogens is 1. The first-order valence-corrected chi connectivity index (χ1v) is 6.31. The summed E-state index contributed by atoms with van der Waals surface area (Å²) in [6.07, 6.45) is -0.587. The molecule has 0 aliphatic rings. The Hall–Kier alpha value is -1.36. The standard InChI is InChI=1S/C12H14BrNO3/c1-9(11(15)7-13)14-12(16)17-8-10-5-3-2-4-6-10/h2-6,9H,7-8H2,1H3,(H,14,16)/t9-/m1/s1. The second kappa shape index (κ2) is 7.06. The van der Waals surface area contributed by atoms with Crippen LogP contribution in [0.3, 0.4) is 0 Å². The van der Waals surface area contributed by atoms with Crippen LogP contribution in [0.2, 0.25) is 0 Å². The van der Waals surface area contributed by atoms with Gasteiger partial charge in [-0.25, -0.2) is 4.79 Å². The van der Waals surface area contributed by atoms with Gasteiger partial charge < -0.3 is 10.1 Å². The van der Waals surface area contributed by atoms with Gasteiger partial charge in [0, 0.05) is 0 Å². The lowest BCUT2D eigenvalue weighted by Crippen LogP contribution is -2.39. The molecule has 0 saturated carbocycles. The number of hydrogen-bond acceptors (Lipinski definition) is 3. The van der Waals surface area contributed by atoms with Crippen molar-refractivity contribution in [3.8, 4) is 0 Å². The SMILES string of the molecule is C[C@@H](NC(=O)OCc1ccccc1)C(=O)CBr. The molecule has 1 N–H and O–H groups in total. The van der Waals surface area contributed by atoms with E-state index < -0.39 is 12.1 Å². The first kappa shape index (κ1) is 13.7.